The Hall–Kier alpha value is -2.83. The quantitative estimate of drug-likeness (QED) is 0.642. The van der Waals surface area contributed by atoms with Crippen molar-refractivity contribution in [1.29, 1.82) is 0 Å². The summed E-state index contributed by atoms with van der Waals surface area (Å²) < 4.78 is 5.42. The van der Waals surface area contributed by atoms with E-state index in [1.807, 2.05) is 24.3 Å². The van der Waals surface area contributed by atoms with Crippen molar-refractivity contribution in [3.63, 3.8) is 0 Å². The van der Waals surface area contributed by atoms with Gasteiger partial charge in [0.05, 0.1) is 24.2 Å². The number of benzene rings is 2. The van der Waals surface area contributed by atoms with Gasteiger partial charge in [0.1, 0.15) is 5.82 Å². The van der Waals surface area contributed by atoms with Crippen molar-refractivity contribution in [2.45, 2.75) is 6.42 Å². The van der Waals surface area contributed by atoms with Gasteiger partial charge < -0.3 is 19.7 Å². The number of nitrogens with zero attached hydrogens (tertiary/aromatic N) is 2. The first kappa shape index (κ1) is 19.9. The molecule has 0 saturated carbocycles. The highest BCUT2D eigenvalue weighted by Crippen LogP contribution is 2.22. The van der Waals surface area contributed by atoms with E-state index in [1.165, 1.54) is 5.69 Å². The summed E-state index contributed by atoms with van der Waals surface area (Å²) in [6, 6.07) is 14.1. The van der Waals surface area contributed by atoms with Crippen molar-refractivity contribution in [3.05, 3.63) is 65.5 Å². The summed E-state index contributed by atoms with van der Waals surface area (Å²) in [5, 5.41) is 8.69. The van der Waals surface area contributed by atoms with E-state index >= 15 is 0 Å². The lowest BCUT2D eigenvalue weighted by molar-refractivity contribution is -0.131. The molecule has 1 aliphatic rings. The zero-order chi connectivity index (χ0) is 18.6. The summed E-state index contributed by atoms with van der Waals surface area (Å²) in [5.41, 5.74) is 5.17. The van der Waals surface area contributed by atoms with Crippen LogP contribution in [0.25, 0.3) is 17.1 Å². The second-order valence-electron chi connectivity index (χ2n) is 6.57. The molecular formula is C21H22ClN3O3. The number of carboxylic acid groups (broad SMARTS) is 1. The summed E-state index contributed by atoms with van der Waals surface area (Å²) >= 11 is 0. The Bertz CT molecular complexity index is 976. The fourth-order valence-corrected chi connectivity index (χ4v) is 3.26. The summed E-state index contributed by atoms with van der Waals surface area (Å²) in [6.45, 7) is 3.36. The van der Waals surface area contributed by atoms with Gasteiger partial charge in [0.25, 0.3) is 0 Å². The number of rotatable bonds is 5. The zero-order valence-electron chi connectivity index (χ0n) is 15.3. The number of carboxylic acids is 1. The number of nitrogens with one attached hydrogen (secondary N) is 1. The van der Waals surface area contributed by atoms with Gasteiger partial charge in [-0.2, -0.15) is 0 Å². The minimum Gasteiger partial charge on any atom is -0.478 e. The molecule has 1 fully saturated rings. The van der Waals surface area contributed by atoms with Gasteiger partial charge in [0.15, 0.2) is 0 Å². The highest BCUT2D eigenvalue weighted by atomic mass is 35.5. The number of morpholine rings is 1. The SMILES string of the molecule is Cl.O=C(O)/C=C/c1ccc(Cc2nc3ccc(N4CCOCC4)cc3[nH]2)cc1. The number of aromatic amines is 1. The van der Waals surface area contributed by atoms with Crippen LogP contribution in [0.15, 0.2) is 48.5 Å². The third-order valence-electron chi connectivity index (χ3n) is 4.66. The van der Waals surface area contributed by atoms with Crippen LogP contribution in [0, 0.1) is 0 Å². The Labute approximate surface area is 169 Å². The zero-order valence-corrected chi connectivity index (χ0v) is 16.1. The molecule has 0 unspecified atom stereocenters. The normalized spacial score (nSPS) is 14.4. The average molecular weight is 400 g/mol. The van der Waals surface area contributed by atoms with Crippen LogP contribution in [0.4, 0.5) is 5.69 Å². The molecule has 0 amide bonds. The van der Waals surface area contributed by atoms with Crippen LogP contribution in [0.5, 0.6) is 0 Å². The molecule has 0 radical (unpaired) electrons. The van der Waals surface area contributed by atoms with Gasteiger partial charge in [-0.3, -0.25) is 0 Å². The molecule has 2 N–H and O–H groups in total. The number of ether oxygens (including phenoxy) is 1. The fourth-order valence-electron chi connectivity index (χ4n) is 3.26. The molecule has 0 aliphatic carbocycles. The number of anilines is 1. The van der Waals surface area contributed by atoms with Crippen LogP contribution in [0.2, 0.25) is 0 Å². The van der Waals surface area contributed by atoms with Crippen LogP contribution in [0.1, 0.15) is 17.0 Å². The van der Waals surface area contributed by atoms with E-state index in [2.05, 4.69) is 33.1 Å². The minimum absolute atomic E-state index is 0. The predicted octanol–water partition coefficient (Wildman–Crippen LogP) is 3.51. The van der Waals surface area contributed by atoms with Gasteiger partial charge >= 0.3 is 5.97 Å². The number of fused-ring (bicyclic) bond motifs is 1. The molecule has 0 spiro atoms. The Kier molecular flexibility index (Phi) is 6.34. The molecule has 3 aromatic rings. The molecule has 1 saturated heterocycles. The lowest BCUT2D eigenvalue weighted by Gasteiger charge is -2.28. The molecule has 7 heteroatoms. The molecule has 4 rings (SSSR count). The molecule has 0 atom stereocenters. The van der Waals surface area contributed by atoms with E-state index in [0.29, 0.717) is 6.42 Å². The number of H-pyrrole nitrogens is 1. The van der Waals surface area contributed by atoms with Gasteiger partial charge in [-0.25, -0.2) is 9.78 Å². The maximum Gasteiger partial charge on any atom is 0.328 e. The second-order valence-corrected chi connectivity index (χ2v) is 6.57. The summed E-state index contributed by atoms with van der Waals surface area (Å²) in [6.07, 6.45) is 3.42. The summed E-state index contributed by atoms with van der Waals surface area (Å²) in [4.78, 5) is 21.0. The lowest BCUT2D eigenvalue weighted by atomic mass is 10.1. The minimum atomic E-state index is -0.946. The number of aliphatic carboxylic acids is 1. The summed E-state index contributed by atoms with van der Waals surface area (Å²) in [7, 11) is 0. The molecule has 2 heterocycles. The van der Waals surface area contributed by atoms with Crippen LogP contribution >= 0.6 is 12.4 Å². The van der Waals surface area contributed by atoms with Gasteiger partial charge in [-0.05, 0) is 35.4 Å². The maximum atomic E-state index is 10.6. The smallest absolute Gasteiger partial charge is 0.328 e. The maximum absolute atomic E-state index is 10.6. The monoisotopic (exact) mass is 399 g/mol. The molecular weight excluding hydrogens is 378 g/mol. The number of aromatic nitrogens is 2. The molecule has 6 nitrogen and oxygen atoms in total. The Balaban J connectivity index is 0.00000225. The first-order valence-electron chi connectivity index (χ1n) is 8.99. The number of hydrogen-bond acceptors (Lipinski definition) is 4. The van der Waals surface area contributed by atoms with E-state index in [4.69, 9.17) is 9.84 Å². The van der Waals surface area contributed by atoms with Crippen LogP contribution in [-0.4, -0.2) is 47.3 Å². The Morgan fingerprint density at radius 2 is 1.93 bits per heavy atom. The number of halogens is 1. The van der Waals surface area contributed by atoms with Crippen molar-refractivity contribution in [1.82, 2.24) is 9.97 Å². The summed E-state index contributed by atoms with van der Waals surface area (Å²) in [5.74, 6) is -0.0317. The van der Waals surface area contributed by atoms with Crippen molar-refractivity contribution in [2.75, 3.05) is 31.2 Å². The van der Waals surface area contributed by atoms with Gasteiger partial charge in [0.2, 0.25) is 0 Å². The average Bonchev–Trinajstić information content (AvgIpc) is 3.09. The molecule has 1 aromatic heterocycles. The van der Waals surface area contributed by atoms with E-state index < -0.39 is 5.97 Å². The number of imidazole rings is 1. The Morgan fingerprint density at radius 3 is 2.64 bits per heavy atom. The lowest BCUT2D eigenvalue weighted by Crippen LogP contribution is -2.36. The van der Waals surface area contributed by atoms with Crippen LogP contribution in [0.3, 0.4) is 0 Å². The van der Waals surface area contributed by atoms with Crippen LogP contribution in [-0.2, 0) is 16.0 Å². The van der Waals surface area contributed by atoms with E-state index in [1.54, 1.807) is 6.08 Å². The first-order chi connectivity index (χ1) is 13.2. The highest BCUT2D eigenvalue weighted by Gasteiger charge is 2.12. The standard InChI is InChI=1S/C21H21N3O3.ClH/c25-21(26)8-5-15-1-3-16(4-2-15)13-20-22-18-7-6-17(14-19(18)23-20)24-9-11-27-12-10-24;/h1-8,14H,9-13H2,(H,22,23)(H,25,26);1H/b8-5+;. The fraction of sp³-hybridized carbons (Fsp3) is 0.238. The number of hydrogen-bond donors (Lipinski definition) is 2. The molecule has 28 heavy (non-hydrogen) atoms. The van der Waals surface area contributed by atoms with Crippen LogP contribution < -0.4 is 4.90 Å². The van der Waals surface area contributed by atoms with Crippen molar-refractivity contribution >= 4 is 41.2 Å². The number of carbonyl (C=O) groups is 1. The molecule has 2 aromatic carbocycles. The van der Waals surface area contributed by atoms with Crippen molar-refractivity contribution < 1.29 is 14.6 Å². The van der Waals surface area contributed by atoms with Gasteiger partial charge in [-0.15, -0.1) is 12.4 Å². The highest BCUT2D eigenvalue weighted by molar-refractivity contribution is 5.85. The Morgan fingerprint density at radius 1 is 1.18 bits per heavy atom. The van der Waals surface area contributed by atoms with E-state index in [-0.39, 0.29) is 12.4 Å². The molecule has 146 valence electrons. The third kappa shape index (κ3) is 4.71. The molecule has 0 bridgehead atoms. The van der Waals surface area contributed by atoms with Crippen molar-refractivity contribution in [3.8, 4) is 0 Å². The largest absolute Gasteiger partial charge is 0.478 e. The second kappa shape index (κ2) is 8.91. The predicted molar refractivity (Wildman–Crippen MR) is 112 cm³/mol. The van der Waals surface area contributed by atoms with Gasteiger partial charge in [0, 0.05) is 31.3 Å². The van der Waals surface area contributed by atoms with Crippen molar-refractivity contribution in [2.24, 2.45) is 0 Å². The van der Waals surface area contributed by atoms with Gasteiger partial charge in [-0.1, -0.05) is 24.3 Å². The molecule has 1 aliphatic heterocycles. The first-order valence-corrected chi connectivity index (χ1v) is 8.99. The van der Waals surface area contributed by atoms with E-state index in [0.717, 1.165) is 60.4 Å². The topological polar surface area (TPSA) is 78.4 Å². The third-order valence-corrected chi connectivity index (χ3v) is 4.66. The van der Waals surface area contributed by atoms with E-state index in [9.17, 15) is 4.79 Å².